The maximum absolute atomic E-state index is 13.3. The van der Waals surface area contributed by atoms with Gasteiger partial charge in [0.05, 0.1) is 28.7 Å². The fourth-order valence-corrected chi connectivity index (χ4v) is 3.76. The summed E-state index contributed by atoms with van der Waals surface area (Å²) in [6.07, 6.45) is 0.355. The van der Waals surface area contributed by atoms with E-state index in [2.05, 4.69) is 21.0 Å². The van der Waals surface area contributed by atoms with Crippen LogP contribution >= 0.6 is 27.5 Å². The number of hydrogen-bond donors (Lipinski definition) is 1. The van der Waals surface area contributed by atoms with Crippen molar-refractivity contribution in [2.75, 3.05) is 6.61 Å². The van der Waals surface area contributed by atoms with Crippen molar-refractivity contribution in [3.05, 3.63) is 61.6 Å². The van der Waals surface area contributed by atoms with Crippen molar-refractivity contribution in [2.45, 2.75) is 46.1 Å². The molecule has 0 bridgehead atoms. The van der Waals surface area contributed by atoms with Gasteiger partial charge in [0.25, 0.3) is 5.56 Å². The van der Waals surface area contributed by atoms with Crippen LogP contribution in [0.5, 0.6) is 11.5 Å². The normalized spacial score (nSPS) is 12.8. The molecule has 3 rings (SSSR count). The van der Waals surface area contributed by atoms with E-state index in [0.717, 1.165) is 4.47 Å². The first-order valence-electron chi connectivity index (χ1n) is 10.5. The van der Waals surface area contributed by atoms with Gasteiger partial charge in [-0.3, -0.25) is 4.79 Å². The number of carbonyl (C=O) groups is 1. The molecule has 0 aliphatic carbocycles. The quantitative estimate of drug-likeness (QED) is 0.404. The molecule has 1 heterocycles. The number of ether oxygens (including phenoxy) is 2. The number of carboxylic acids is 1. The van der Waals surface area contributed by atoms with E-state index >= 15 is 0 Å². The average Bonchev–Trinajstić information content (AvgIpc) is 2.75. The van der Waals surface area contributed by atoms with Crippen LogP contribution in [0.15, 0.2) is 44.7 Å². The Bertz CT molecular complexity index is 1330. The lowest BCUT2D eigenvalue weighted by Gasteiger charge is -2.21. The molecule has 0 aliphatic rings. The lowest BCUT2D eigenvalue weighted by molar-refractivity contribution is -0.144. The van der Waals surface area contributed by atoms with Gasteiger partial charge in [-0.15, -0.1) is 0 Å². The minimum absolute atomic E-state index is 0.125. The van der Waals surface area contributed by atoms with Crippen LogP contribution in [-0.2, 0) is 10.2 Å². The van der Waals surface area contributed by atoms with Gasteiger partial charge in [-0.25, -0.2) is 9.78 Å². The Morgan fingerprint density at radius 2 is 2.03 bits per heavy atom. The molecule has 180 valence electrons. The molecular formula is C24H25BrClN3O5. The third-order valence-electron chi connectivity index (χ3n) is 4.78. The van der Waals surface area contributed by atoms with E-state index in [0.29, 0.717) is 28.9 Å². The minimum Gasteiger partial charge on any atom is -0.490 e. The minimum atomic E-state index is -1.13. The van der Waals surface area contributed by atoms with Crippen LogP contribution in [0.4, 0.5) is 0 Å². The fourth-order valence-electron chi connectivity index (χ4n) is 3.13. The van der Waals surface area contributed by atoms with Gasteiger partial charge in [0.15, 0.2) is 17.6 Å². The highest BCUT2D eigenvalue weighted by Gasteiger charge is 2.23. The van der Waals surface area contributed by atoms with E-state index in [9.17, 15) is 9.59 Å². The van der Waals surface area contributed by atoms with Gasteiger partial charge in [-0.05, 0) is 49.7 Å². The Morgan fingerprint density at radius 1 is 1.32 bits per heavy atom. The Labute approximate surface area is 210 Å². The highest BCUT2D eigenvalue weighted by Crippen LogP contribution is 2.37. The van der Waals surface area contributed by atoms with Crippen LogP contribution in [0.25, 0.3) is 10.9 Å². The van der Waals surface area contributed by atoms with Gasteiger partial charge in [0.2, 0.25) is 0 Å². The van der Waals surface area contributed by atoms with Gasteiger partial charge in [0, 0.05) is 9.89 Å². The Hall–Kier alpha value is -2.91. The van der Waals surface area contributed by atoms with Gasteiger partial charge >= 0.3 is 5.97 Å². The molecule has 0 saturated heterocycles. The number of fused-ring (bicyclic) bond motifs is 1. The largest absolute Gasteiger partial charge is 0.490 e. The standard InChI is InChI=1S/C24H25BrClN3O5/c1-6-33-19-10-14(9-17(26)20(19)34-13(2)22(31)32)12-27-29-21(30)16-11-15(25)7-8-18(16)28-23(29)24(3,4)5/h7-13H,6H2,1-5H3,(H,31,32)/t13-/m1/s1. The van der Waals surface area contributed by atoms with E-state index in [1.165, 1.54) is 17.8 Å². The SMILES string of the molecule is CCOc1cc(C=Nn2c(C(C)(C)C)nc3ccc(Br)cc3c2=O)cc(Cl)c1O[C@H](C)C(=O)O. The van der Waals surface area contributed by atoms with E-state index in [4.69, 9.17) is 31.2 Å². The molecule has 0 fully saturated rings. The third kappa shape index (κ3) is 5.59. The summed E-state index contributed by atoms with van der Waals surface area (Å²) in [6.45, 7) is 9.34. The zero-order valence-electron chi connectivity index (χ0n) is 19.4. The molecule has 10 heteroatoms. The number of hydrogen-bond acceptors (Lipinski definition) is 6. The second kappa shape index (κ2) is 10.1. The predicted molar refractivity (Wildman–Crippen MR) is 136 cm³/mol. The molecule has 1 atom stereocenters. The highest BCUT2D eigenvalue weighted by molar-refractivity contribution is 9.10. The van der Waals surface area contributed by atoms with Gasteiger partial charge in [-0.2, -0.15) is 9.78 Å². The summed E-state index contributed by atoms with van der Waals surface area (Å²) in [5.41, 5.74) is 0.348. The van der Waals surface area contributed by atoms with Crippen molar-refractivity contribution >= 4 is 50.6 Å². The average molecular weight is 551 g/mol. The molecule has 1 aromatic heterocycles. The summed E-state index contributed by atoms with van der Waals surface area (Å²) in [5.74, 6) is -0.238. The van der Waals surface area contributed by atoms with Crippen LogP contribution < -0.4 is 15.0 Å². The summed E-state index contributed by atoms with van der Waals surface area (Å²) >= 11 is 9.78. The predicted octanol–water partition coefficient (Wildman–Crippen LogP) is 5.24. The molecule has 0 radical (unpaired) electrons. The molecule has 8 nitrogen and oxygen atoms in total. The van der Waals surface area contributed by atoms with Crippen molar-refractivity contribution in [3.8, 4) is 11.5 Å². The van der Waals surface area contributed by atoms with Crippen molar-refractivity contribution in [1.82, 2.24) is 9.66 Å². The number of aliphatic carboxylic acids is 1. The number of aromatic nitrogens is 2. The van der Waals surface area contributed by atoms with Crippen molar-refractivity contribution in [1.29, 1.82) is 0 Å². The molecular weight excluding hydrogens is 526 g/mol. The zero-order chi connectivity index (χ0) is 25.2. The molecule has 0 spiro atoms. The first kappa shape index (κ1) is 25.7. The molecule has 34 heavy (non-hydrogen) atoms. The molecule has 0 saturated carbocycles. The lowest BCUT2D eigenvalue weighted by atomic mass is 9.95. The second-order valence-electron chi connectivity index (χ2n) is 8.57. The number of halogens is 2. The molecule has 0 amide bonds. The summed E-state index contributed by atoms with van der Waals surface area (Å²) in [7, 11) is 0. The van der Waals surface area contributed by atoms with Crippen LogP contribution in [-0.4, -0.2) is 39.7 Å². The van der Waals surface area contributed by atoms with Crippen molar-refractivity contribution < 1.29 is 19.4 Å². The Morgan fingerprint density at radius 3 is 2.65 bits per heavy atom. The van der Waals surface area contributed by atoms with Crippen LogP contribution in [0, 0.1) is 0 Å². The number of rotatable bonds is 7. The van der Waals surface area contributed by atoms with Crippen LogP contribution in [0.1, 0.15) is 46.0 Å². The number of benzene rings is 2. The van der Waals surface area contributed by atoms with Crippen molar-refractivity contribution in [2.24, 2.45) is 5.10 Å². The summed E-state index contributed by atoms with van der Waals surface area (Å²) in [5, 5.41) is 14.2. The summed E-state index contributed by atoms with van der Waals surface area (Å²) in [4.78, 5) is 29.2. The number of carboxylic acid groups (broad SMARTS) is 1. The molecule has 0 aliphatic heterocycles. The molecule has 2 aromatic carbocycles. The summed E-state index contributed by atoms with van der Waals surface area (Å²) < 4.78 is 13.1. The van der Waals surface area contributed by atoms with Gasteiger partial charge < -0.3 is 14.6 Å². The van der Waals surface area contributed by atoms with Crippen molar-refractivity contribution in [3.63, 3.8) is 0 Å². The van der Waals surface area contributed by atoms with Crippen LogP contribution in [0.2, 0.25) is 5.02 Å². The third-order valence-corrected chi connectivity index (χ3v) is 5.55. The van der Waals surface area contributed by atoms with Gasteiger partial charge in [-0.1, -0.05) is 48.3 Å². The van der Waals surface area contributed by atoms with E-state index in [1.807, 2.05) is 26.8 Å². The molecule has 0 unspecified atom stereocenters. The topological polar surface area (TPSA) is 103 Å². The maximum atomic E-state index is 13.3. The highest BCUT2D eigenvalue weighted by atomic mass is 79.9. The van der Waals surface area contributed by atoms with E-state index < -0.39 is 17.5 Å². The van der Waals surface area contributed by atoms with E-state index in [-0.39, 0.29) is 22.1 Å². The van der Waals surface area contributed by atoms with Crippen LogP contribution in [0.3, 0.4) is 0 Å². The summed E-state index contributed by atoms with van der Waals surface area (Å²) in [6, 6.07) is 8.51. The lowest BCUT2D eigenvalue weighted by Crippen LogP contribution is -2.29. The second-order valence-corrected chi connectivity index (χ2v) is 9.89. The molecule has 3 aromatic rings. The number of nitrogens with zero attached hydrogens (tertiary/aromatic N) is 3. The maximum Gasteiger partial charge on any atom is 0.344 e. The molecule has 1 N–H and O–H groups in total. The fraction of sp³-hybridized carbons (Fsp3) is 0.333. The van der Waals surface area contributed by atoms with E-state index in [1.54, 1.807) is 31.2 Å². The Kier molecular flexibility index (Phi) is 7.67. The zero-order valence-corrected chi connectivity index (χ0v) is 21.8. The smallest absolute Gasteiger partial charge is 0.344 e. The first-order valence-corrected chi connectivity index (χ1v) is 11.7. The Balaban J connectivity index is 2.13. The first-order chi connectivity index (χ1) is 15.9. The van der Waals surface area contributed by atoms with Gasteiger partial charge in [0.1, 0.15) is 5.82 Å². The monoisotopic (exact) mass is 549 g/mol.